The van der Waals surface area contributed by atoms with Gasteiger partial charge in [0, 0.05) is 11.0 Å². The van der Waals surface area contributed by atoms with Gasteiger partial charge in [-0.25, -0.2) is 13.8 Å². The van der Waals surface area contributed by atoms with E-state index in [1.165, 1.54) is 18.3 Å². The second kappa shape index (κ2) is 13.1. The van der Waals surface area contributed by atoms with Crippen LogP contribution >= 0.6 is 15.9 Å². The van der Waals surface area contributed by atoms with Gasteiger partial charge in [0.2, 0.25) is 10.0 Å². The fraction of sp³-hybridized carbons (Fsp3) is 0.103. The predicted octanol–water partition coefficient (Wildman–Crippen LogP) is 5.37. The van der Waals surface area contributed by atoms with Crippen molar-refractivity contribution >= 4 is 38.1 Å². The lowest BCUT2D eigenvalue weighted by Crippen LogP contribution is -2.39. The molecule has 0 saturated carbocycles. The number of hydrazone groups is 1. The van der Waals surface area contributed by atoms with Crippen LogP contribution in [-0.2, 0) is 28.0 Å². The van der Waals surface area contributed by atoms with Gasteiger partial charge in [-0.2, -0.15) is 9.41 Å². The minimum atomic E-state index is -3.92. The first-order valence-corrected chi connectivity index (χ1v) is 14.0. The summed E-state index contributed by atoms with van der Waals surface area (Å²) in [4.78, 5) is 12.8. The topological polar surface area (TPSA) is 88.1 Å². The molecule has 0 heterocycles. The molecule has 0 aliphatic heterocycles. The lowest BCUT2D eigenvalue weighted by Gasteiger charge is -2.21. The summed E-state index contributed by atoms with van der Waals surface area (Å²) in [6.07, 6.45) is 1.49. The van der Waals surface area contributed by atoms with Crippen molar-refractivity contribution in [3.63, 3.8) is 0 Å². The normalized spacial score (nSPS) is 11.5. The molecule has 0 spiro atoms. The van der Waals surface area contributed by atoms with Gasteiger partial charge in [-0.1, -0.05) is 76.6 Å². The zero-order valence-corrected chi connectivity index (χ0v) is 22.8. The summed E-state index contributed by atoms with van der Waals surface area (Å²) in [6.45, 7) is 0.107. The first-order chi connectivity index (χ1) is 18.4. The Labute approximate surface area is 231 Å². The molecule has 0 fully saturated rings. The largest absolute Gasteiger partial charge is 0.489 e. The van der Waals surface area contributed by atoms with Gasteiger partial charge in [0.1, 0.15) is 12.4 Å². The molecule has 0 unspecified atom stereocenters. The van der Waals surface area contributed by atoms with Crippen molar-refractivity contribution in [3.05, 3.63) is 130 Å². The Kier molecular flexibility index (Phi) is 9.42. The Bertz CT molecular complexity index is 1460. The molecule has 0 saturated heterocycles. The number of halogens is 1. The van der Waals surface area contributed by atoms with Gasteiger partial charge >= 0.3 is 0 Å². The van der Waals surface area contributed by atoms with E-state index in [1.807, 2.05) is 66.7 Å². The molecule has 9 heteroatoms. The molecule has 0 radical (unpaired) electrons. The Hall–Kier alpha value is -3.79. The number of carbonyl (C=O) groups is 1. The number of nitrogens with zero attached hydrogens (tertiary/aromatic N) is 2. The van der Waals surface area contributed by atoms with Crippen LogP contribution < -0.4 is 10.2 Å². The third-order valence-electron chi connectivity index (χ3n) is 5.50. The van der Waals surface area contributed by atoms with Gasteiger partial charge in [-0.05, 0) is 65.2 Å². The summed E-state index contributed by atoms with van der Waals surface area (Å²) in [6, 6.07) is 32.4. The molecule has 4 aromatic carbocycles. The molecule has 0 bridgehead atoms. The summed E-state index contributed by atoms with van der Waals surface area (Å²) in [5.41, 5.74) is 5.00. The molecule has 0 aromatic heterocycles. The average Bonchev–Trinajstić information content (AvgIpc) is 2.94. The molecule has 0 aliphatic carbocycles. The maximum Gasteiger partial charge on any atom is 0.255 e. The van der Waals surface area contributed by atoms with Crippen molar-refractivity contribution in [2.24, 2.45) is 5.10 Å². The van der Waals surface area contributed by atoms with E-state index in [0.717, 1.165) is 25.5 Å². The van der Waals surface area contributed by atoms with Crippen LogP contribution in [0.4, 0.5) is 0 Å². The van der Waals surface area contributed by atoms with Gasteiger partial charge in [0.15, 0.2) is 0 Å². The van der Waals surface area contributed by atoms with Gasteiger partial charge in [-0.3, -0.25) is 4.79 Å². The SMILES string of the molecule is O=C(CN(Cc1ccc(Br)cc1)S(=O)(=O)c1ccccc1)NN=Cc1ccc(OCc2ccccc2)cc1. The van der Waals surface area contributed by atoms with Crippen molar-refractivity contribution in [1.29, 1.82) is 0 Å². The number of sulfonamides is 1. The quantitative estimate of drug-likeness (QED) is 0.188. The van der Waals surface area contributed by atoms with Crippen LogP contribution in [0.25, 0.3) is 0 Å². The number of rotatable bonds is 11. The molecular formula is C29H26BrN3O4S. The van der Waals surface area contributed by atoms with Crippen molar-refractivity contribution in [1.82, 2.24) is 9.73 Å². The Balaban J connectivity index is 1.37. The van der Waals surface area contributed by atoms with E-state index in [1.54, 1.807) is 30.3 Å². The zero-order valence-electron chi connectivity index (χ0n) is 20.4. The van der Waals surface area contributed by atoms with E-state index in [4.69, 9.17) is 4.74 Å². The highest BCUT2D eigenvalue weighted by molar-refractivity contribution is 9.10. The lowest BCUT2D eigenvalue weighted by atomic mass is 10.2. The van der Waals surface area contributed by atoms with Crippen molar-refractivity contribution in [3.8, 4) is 5.75 Å². The molecule has 0 atom stereocenters. The summed E-state index contributed by atoms with van der Waals surface area (Å²) >= 11 is 3.38. The van der Waals surface area contributed by atoms with E-state index < -0.39 is 22.5 Å². The van der Waals surface area contributed by atoms with Crippen molar-refractivity contribution in [2.45, 2.75) is 18.0 Å². The standard InChI is InChI=1S/C29H26BrN3O4S/c30-26-15-11-24(12-16-26)20-33(38(35,36)28-9-5-2-6-10-28)21-29(34)32-31-19-23-13-17-27(18-14-23)37-22-25-7-3-1-4-8-25/h1-19H,20-22H2,(H,32,34). The van der Waals surface area contributed by atoms with Crippen LogP contribution in [0.1, 0.15) is 16.7 Å². The summed E-state index contributed by atoms with van der Waals surface area (Å²) < 4.78 is 34.4. The summed E-state index contributed by atoms with van der Waals surface area (Å²) in [5, 5.41) is 4.00. The van der Waals surface area contributed by atoms with Crippen LogP contribution in [0.2, 0.25) is 0 Å². The number of benzene rings is 4. The summed E-state index contributed by atoms with van der Waals surface area (Å²) in [5.74, 6) is 0.158. The lowest BCUT2D eigenvalue weighted by molar-refractivity contribution is -0.121. The number of nitrogens with one attached hydrogen (secondary N) is 1. The Morgan fingerprint density at radius 3 is 2.13 bits per heavy atom. The number of carbonyl (C=O) groups excluding carboxylic acids is 1. The summed E-state index contributed by atoms with van der Waals surface area (Å²) in [7, 11) is -3.92. The molecule has 4 rings (SSSR count). The molecule has 194 valence electrons. The molecule has 0 aliphatic rings. The van der Waals surface area contributed by atoms with Crippen molar-refractivity contribution < 1.29 is 17.9 Å². The van der Waals surface area contributed by atoms with Crippen LogP contribution in [-0.4, -0.2) is 31.4 Å². The number of hydrogen-bond donors (Lipinski definition) is 1. The van der Waals surface area contributed by atoms with E-state index in [2.05, 4.69) is 26.5 Å². The van der Waals surface area contributed by atoms with Crippen molar-refractivity contribution in [2.75, 3.05) is 6.54 Å². The minimum Gasteiger partial charge on any atom is -0.489 e. The first kappa shape index (κ1) is 27.3. The average molecular weight is 593 g/mol. The van der Waals surface area contributed by atoms with E-state index in [-0.39, 0.29) is 11.4 Å². The predicted molar refractivity (Wildman–Crippen MR) is 151 cm³/mol. The van der Waals surface area contributed by atoms with Crippen LogP contribution in [0, 0.1) is 0 Å². The Morgan fingerprint density at radius 1 is 0.842 bits per heavy atom. The van der Waals surface area contributed by atoms with Crippen LogP contribution in [0.5, 0.6) is 5.75 Å². The fourth-order valence-electron chi connectivity index (χ4n) is 3.53. The maximum absolute atomic E-state index is 13.3. The van der Waals surface area contributed by atoms with Crippen LogP contribution in [0.15, 0.2) is 124 Å². The second-order valence-electron chi connectivity index (χ2n) is 8.35. The highest BCUT2D eigenvalue weighted by Gasteiger charge is 2.26. The number of hydrogen-bond acceptors (Lipinski definition) is 5. The third kappa shape index (κ3) is 7.85. The second-order valence-corrected chi connectivity index (χ2v) is 11.2. The molecular weight excluding hydrogens is 566 g/mol. The molecule has 1 N–H and O–H groups in total. The third-order valence-corrected chi connectivity index (χ3v) is 7.84. The van der Waals surface area contributed by atoms with Gasteiger partial charge < -0.3 is 4.74 Å². The highest BCUT2D eigenvalue weighted by atomic mass is 79.9. The molecule has 4 aromatic rings. The molecule has 7 nitrogen and oxygen atoms in total. The fourth-order valence-corrected chi connectivity index (χ4v) is 5.20. The molecule has 1 amide bonds. The van der Waals surface area contributed by atoms with Crippen LogP contribution in [0.3, 0.4) is 0 Å². The number of ether oxygens (including phenoxy) is 1. The van der Waals surface area contributed by atoms with Gasteiger partial charge in [0.25, 0.3) is 5.91 Å². The minimum absolute atomic E-state index is 0.0338. The van der Waals surface area contributed by atoms with E-state index in [9.17, 15) is 13.2 Å². The molecule has 38 heavy (non-hydrogen) atoms. The zero-order chi connectivity index (χ0) is 26.8. The smallest absolute Gasteiger partial charge is 0.255 e. The maximum atomic E-state index is 13.3. The highest BCUT2D eigenvalue weighted by Crippen LogP contribution is 2.19. The number of amides is 1. The Morgan fingerprint density at radius 2 is 1.47 bits per heavy atom. The van der Waals surface area contributed by atoms with Gasteiger partial charge in [-0.15, -0.1) is 0 Å². The van der Waals surface area contributed by atoms with Gasteiger partial charge in [0.05, 0.1) is 17.7 Å². The van der Waals surface area contributed by atoms with E-state index in [0.29, 0.717) is 12.4 Å². The monoisotopic (exact) mass is 591 g/mol. The van der Waals surface area contributed by atoms with E-state index >= 15 is 0 Å². The first-order valence-electron chi connectivity index (χ1n) is 11.8.